The molecule has 1 aromatic carbocycles. The molecule has 0 spiro atoms. The van der Waals surface area contributed by atoms with Crippen LogP contribution in [0.4, 0.5) is 14.5 Å². The Bertz CT molecular complexity index is 1260. The van der Waals surface area contributed by atoms with E-state index in [-0.39, 0.29) is 5.56 Å². The second-order valence-corrected chi connectivity index (χ2v) is 12.3. The number of likely N-dealkylation sites (tertiary alicyclic amines) is 1. The van der Waals surface area contributed by atoms with Crippen molar-refractivity contribution in [2.24, 2.45) is 5.92 Å². The van der Waals surface area contributed by atoms with Crippen molar-refractivity contribution < 1.29 is 8.78 Å². The van der Waals surface area contributed by atoms with Crippen LogP contribution in [0.3, 0.4) is 0 Å². The molecule has 1 aliphatic carbocycles. The summed E-state index contributed by atoms with van der Waals surface area (Å²) < 4.78 is 28.8. The lowest BCUT2D eigenvalue weighted by molar-refractivity contribution is 0.150. The van der Waals surface area contributed by atoms with E-state index in [2.05, 4.69) is 38.9 Å². The van der Waals surface area contributed by atoms with Gasteiger partial charge in [0.05, 0.1) is 5.82 Å². The van der Waals surface area contributed by atoms with Gasteiger partial charge < -0.3 is 36.1 Å². The number of fused-ring (bicyclic) bond motifs is 1. The molecule has 8 nitrogen and oxygen atoms in total. The van der Waals surface area contributed by atoms with Crippen LogP contribution in [0.25, 0.3) is 0 Å². The molecule has 10 heteroatoms. The minimum Gasteiger partial charge on any atom is -0.385 e. The molecule has 1 atom stereocenters. The molecule has 234 valence electrons. The lowest BCUT2D eigenvalue weighted by Gasteiger charge is -2.40. The molecule has 3 aliphatic heterocycles. The number of hydrogen-bond acceptors (Lipinski definition) is 7. The Labute approximate surface area is 255 Å². The van der Waals surface area contributed by atoms with E-state index in [0.29, 0.717) is 48.7 Å². The number of nitrogens with one attached hydrogen (secondary N) is 5. The molecule has 1 aromatic rings. The predicted molar refractivity (Wildman–Crippen MR) is 171 cm³/mol. The smallest absolute Gasteiger partial charge is 0.264 e. The normalized spacial score (nSPS) is 20.2. The summed E-state index contributed by atoms with van der Waals surface area (Å²) in [6, 6.07) is 3.76. The Hall–Kier alpha value is -3.40. The molecule has 0 aromatic heterocycles. The minimum atomic E-state index is -2.67. The Morgan fingerprint density at radius 2 is 1.77 bits per heavy atom. The number of alkyl halides is 2. The summed E-state index contributed by atoms with van der Waals surface area (Å²) in [5.74, 6) is 1.42. The molecule has 4 aliphatic rings. The highest BCUT2D eigenvalue weighted by molar-refractivity contribution is 6.09. The van der Waals surface area contributed by atoms with Gasteiger partial charge in [0, 0.05) is 99.1 Å². The number of halogens is 2. The Morgan fingerprint density at radius 3 is 2.40 bits per heavy atom. The van der Waals surface area contributed by atoms with Crippen molar-refractivity contribution in [1.82, 2.24) is 25.8 Å². The summed E-state index contributed by atoms with van der Waals surface area (Å²) in [6.07, 6.45) is 5.51. The number of hydrogen-bond donors (Lipinski definition) is 5. The van der Waals surface area contributed by atoms with Gasteiger partial charge in [-0.15, -0.1) is 0 Å². The molecule has 0 bridgehead atoms. The van der Waals surface area contributed by atoms with Gasteiger partial charge in [-0.25, -0.2) is 8.78 Å². The first kappa shape index (κ1) is 31.0. The third-order valence-corrected chi connectivity index (χ3v) is 9.56. The molecule has 1 unspecified atom stereocenters. The molecule has 1 saturated heterocycles. The van der Waals surface area contributed by atoms with E-state index >= 15 is 0 Å². The second kappa shape index (κ2) is 13.5. The quantitative estimate of drug-likeness (QED) is 0.174. The van der Waals surface area contributed by atoms with E-state index in [1.54, 1.807) is 13.1 Å². The standard InChI is InChI=1S/C33H48F2N8/c1-21(23-7-8-23)41-13-9-26(10-14-41)40-30-11-15-42(22(2)39-4)20-29(30)33(37)43-12-5-6-24-16-27(25(18-36)19-38-3)28(32(34)35)17-31(24)43/h16-18,23,25-26,32,36-40H,1-2,5-15,19-20H2,3-4H3. The van der Waals surface area contributed by atoms with Gasteiger partial charge in [-0.1, -0.05) is 19.2 Å². The fraction of sp³-hybridized carbons (Fsp3) is 0.576. The van der Waals surface area contributed by atoms with Crippen LogP contribution < -0.4 is 20.9 Å². The van der Waals surface area contributed by atoms with Gasteiger partial charge in [-0.05, 0) is 68.7 Å². The van der Waals surface area contributed by atoms with E-state index in [4.69, 9.17) is 5.41 Å². The maximum atomic E-state index is 14.4. The zero-order valence-corrected chi connectivity index (χ0v) is 25.7. The lowest BCUT2D eigenvalue weighted by atomic mass is 9.88. The fourth-order valence-corrected chi connectivity index (χ4v) is 6.81. The van der Waals surface area contributed by atoms with Crippen molar-refractivity contribution in [2.75, 3.05) is 58.3 Å². The van der Waals surface area contributed by atoms with Crippen LogP contribution in [0.5, 0.6) is 0 Å². The summed E-state index contributed by atoms with van der Waals surface area (Å²) in [5, 5.41) is 27.4. The highest BCUT2D eigenvalue weighted by atomic mass is 19.3. The first-order valence-electron chi connectivity index (χ1n) is 15.8. The Morgan fingerprint density at radius 1 is 1.02 bits per heavy atom. The van der Waals surface area contributed by atoms with Crippen LogP contribution in [0.2, 0.25) is 0 Å². The fourth-order valence-electron chi connectivity index (χ4n) is 6.81. The Kier molecular flexibility index (Phi) is 9.74. The molecular formula is C33H48F2N8. The second-order valence-electron chi connectivity index (χ2n) is 12.3. The molecule has 5 N–H and O–H groups in total. The van der Waals surface area contributed by atoms with Crippen LogP contribution in [0.1, 0.15) is 67.6 Å². The largest absolute Gasteiger partial charge is 0.385 e. The average Bonchev–Trinajstić information content (AvgIpc) is 3.88. The van der Waals surface area contributed by atoms with E-state index in [1.165, 1.54) is 24.8 Å². The number of amidine groups is 1. The summed E-state index contributed by atoms with van der Waals surface area (Å²) in [5.41, 5.74) is 5.37. The number of benzene rings is 1. The van der Waals surface area contributed by atoms with Gasteiger partial charge >= 0.3 is 0 Å². The van der Waals surface area contributed by atoms with Gasteiger partial charge in [0.1, 0.15) is 5.84 Å². The van der Waals surface area contributed by atoms with E-state index in [1.807, 2.05) is 18.0 Å². The molecule has 43 heavy (non-hydrogen) atoms. The van der Waals surface area contributed by atoms with Gasteiger partial charge in [-0.3, -0.25) is 5.41 Å². The van der Waals surface area contributed by atoms with Crippen molar-refractivity contribution in [3.63, 3.8) is 0 Å². The molecule has 0 amide bonds. The van der Waals surface area contributed by atoms with Crippen LogP contribution >= 0.6 is 0 Å². The SMILES string of the molecule is C=C(NC)N1CCC(NC2CCN(C(=C)C3CC3)CC2)=C(C(=N)N2CCCc3cc(C(C=N)CNC)c(C(F)F)cc32)C1. The molecule has 1 saturated carbocycles. The third kappa shape index (κ3) is 6.74. The van der Waals surface area contributed by atoms with Gasteiger partial charge in [0.2, 0.25) is 0 Å². The number of nitrogens with zero attached hydrogens (tertiary/aromatic N) is 3. The van der Waals surface area contributed by atoms with Crippen LogP contribution in [-0.2, 0) is 6.42 Å². The zero-order valence-electron chi connectivity index (χ0n) is 25.7. The summed E-state index contributed by atoms with van der Waals surface area (Å²) in [4.78, 5) is 6.53. The maximum Gasteiger partial charge on any atom is 0.264 e. The van der Waals surface area contributed by atoms with Crippen molar-refractivity contribution in [1.29, 1.82) is 10.8 Å². The van der Waals surface area contributed by atoms with Crippen molar-refractivity contribution in [3.05, 3.63) is 64.8 Å². The summed E-state index contributed by atoms with van der Waals surface area (Å²) in [6.45, 7) is 12.9. The van der Waals surface area contributed by atoms with E-state index < -0.39 is 12.3 Å². The van der Waals surface area contributed by atoms with Gasteiger partial charge in [-0.2, -0.15) is 0 Å². The highest BCUT2D eigenvalue weighted by Gasteiger charge is 2.33. The van der Waals surface area contributed by atoms with Crippen LogP contribution in [0, 0.1) is 16.7 Å². The van der Waals surface area contributed by atoms with E-state index in [0.717, 1.165) is 74.4 Å². The molecule has 5 rings (SSSR count). The number of anilines is 1. The van der Waals surface area contributed by atoms with Crippen molar-refractivity contribution in [2.45, 2.75) is 63.3 Å². The monoisotopic (exact) mass is 594 g/mol. The Balaban J connectivity index is 1.43. The summed E-state index contributed by atoms with van der Waals surface area (Å²) >= 11 is 0. The van der Waals surface area contributed by atoms with Gasteiger partial charge in [0.25, 0.3) is 6.43 Å². The molecule has 3 heterocycles. The maximum absolute atomic E-state index is 14.4. The third-order valence-electron chi connectivity index (χ3n) is 9.56. The average molecular weight is 595 g/mol. The molecule has 2 fully saturated rings. The first-order chi connectivity index (χ1) is 20.7. The number of allylic oxidation sites excluding steroid dienone is 1. The number of piperidine rings is 1. The first-order valence-corrected chi connectivity index (χ1v) is 15.8. The molecular weight excluding hydrogens is 546 g/mol. The highest BCUT2D eigenvalue weighted by Crippen LogP contribution is 2.39. The zero-order chi connectivity index (χ0) is 30.7. The van der Waals surface area contributed by atoms with Crippen LogP contribution in [-0.4, -0.2) is 81.3 Å². The minimum absolute atomic E-state index is 0.0529. The van der Waals surface area contributed by atoms with E-state index in [9.17, 15) is 14.2 Å². The number of aryl methyl sites for hydroxylation is 1. The van der Waals surface area contributed by atoms with Crippen LogP contribution in [0.15, 0.2) is 48.1 Å². The lowest BCUT2D eigenvalue weighted by Crippen LogP contribution is -2.47. The summed E-state index contributed by atoms with van der Waals surface area (Å²) in [7, 11) is 3.62. The number of rotatable bonds is 12. The molecule has 0 radical (unpaired) electrons. The van der Waals surface area contributed by atoms with Crippen molar-refractivity contribution in [3.8, 4) is 0 Å². The topological polar surface area (TPSA) is 93.5 Å². The predicted octanol–water partition coefficient (Wildman–Crippen LogP) is 4.93. The van der Waals surface area contributed by atoms with Gasteiger partial charge in [0.15, 0.2) is 0 Å². The van der Waals surface area contributed by atoms with Crippen molar-refractivity contribution >= 4 is 17.7 Å². The number of likely N-dealkylation sites (N-methyl/N-ethyl adjacent to an activating group) is 1.